The van der Waals surface area contributed by atoms with E-state index in [4.69, 9.17) is 16.3 Å². The Bertz CT molecular complexity index is 621. The molecule has 4 nitrogen and oxygen atoms in total. The summed E-state index contributed by atoms with van der Waals surface area (Å²) in [6, 6.07) is 5.85. The van der Waals surface area contributed by atoms with Crippen LogP contribution in [0.2, 0.25) is 5.02 Å². The second kappa shape index (κ2) is 4.87. The normalized spacial score (nSPS) is 13.4. The van der Waals surface area contributed by atoms with Crippen molar-refractivity contribution >= 4 is 17.4 Å². The molecule has 0 bridgehead atoms. The van der Waals surface area contributed by atoms with Gasteiger partial charge in [-0.1, -0.05) is 17.7 Å². The molecule has 100 valence electrons. The van der Waals surface area contributed by atoms with E-state index in [9.17, 15) is 0 Å². The van der Waals surface area contributed by atoms with Crippen LogP contribution in [0.4, 0.5) is 5.82 Å². The third kappa shape index (κ3) is 2.11. The highest BCUT2D eigenvalue weighted by molar-refractivity contribution is 6.30. The lowest BCUT2D eigenvalue weighted by atomic mass is 10.2. The van der Waals surface area contributed by atoms with Crippen LogP contribution in [0, 0.1) is 6.92 Å². The van der Waals surface area contributed by atoms with Crippen molar-refractivity contribution < 1.29 is 4.74 Å². The zero-order valence-corrected chi connectivity index (χ0v) is 11.8. The molecule has 1 aliphatic heterocycles. The van der Waals surface area contributed by atoms with E-state index in [0.29, 0.717) is 6.61 Å². The van der Waals surface area contributed by atoms with Crippen LogP contribution < -0.4 is 5.32 Å². The van der Waals surface area contributed by atoms with Crippen molar-refractivity contribution in [1.29, 1.82) is 0 Å². The van der Waals surface area contributed by atoms with Gasteiger partial charge in [0.1, 0.15) is 5.82 Å². The minimum absolute atomic E-state index is 0.538. The fourth-order valence-corrected chi connectivity index (χ4v) is 2.65. The lowest BCUT2D eigenvalue weighted by Crippen LogP contribution is -2.06. The third-order valence-electron chi connectivity index (χ3n) is 3.41. The highest BCUT2D eigenvalue weighted by Gasteiger charge is 2.23. The smallest absolute Gasteiger partial charge is 0.133 e. The van der Waals surface area contributed by atoms with Crippen molar-refractivity contribution in [2.24, 2.45) is 0 Å². The predicted molar refractivity (Wildman–Crippen MR) is 76.2 cm³/mol. The molecule has 0 saturated carbocycles. The SMILES string of the molecule is COCc1nn(-c2cc(Cl)ccc2C)c2c1CCN2. The monoisotopic (exact) mass is 277 g/mol. The van der Waals surface area contributed by atoms with E-state index in [1.54, 1.807) is 7.11 Å². The number of ether oxygens (including phenoxy) is 1. The minimum atomic E-state index is 0.538. The first-order valence-corrected chi connectivity index (χ1v) is 6.68. The van der Waals surface area contributed by atoms with Gasteiger partial charge in [-0.15, -0.1) is 0 Å². The van der Waals surface area contributed by atoms with Crippen molar-refractivity contribution in [2.45, 2.75) is 20.0 Å². The van der Waals surface area contributed by atoms with Gasteiger partial charge in [-0.2, -0.15) is 5.10 Å². The van der Waals surface area contributed by atoms with Crippen molar-refractivity contribution in [2.75, 3.05) is 19.0 Å². The van der Waals surface area contributed by atoms with Gasteiger partial charge in [0.05, 0.1) is 18.0 Å². The average molecular weight is 278 g/mol. The van der Waals surface area contributed by atoms with Crippen molar-refractivity contribution in [3.05, 3.63) is 40.0 Å². The molecule has 0 radical (unpaired) electrons. The Morgan fingerprint density at radius 1 is 1.47 bits per heavy atom. The molecule has 3 rings (SSSR count). The molecule has 0 fully saturated rings. The fraction of sp³-hybridized carbons (Fsp3) is 0.357. The number of hydrogen-bond acceptors (Lipinski definition) is 3. The van der Waals surface area contributed by atoms with E-state index in [1.807, 2.05) is 22.9 Å². The topological polar surface area (TPSA) is 39.1 Å². The summed E-state index contributed by atoms with van der Waals surface area (Å²) in [6.45, 7) is 3.55. The van der Waals surface area contributed by atoms with Gasteiger partial charge in [-0.05, 0) is 31.0 Å². The fourth-order valence-electron chi connectivity index (χ4n) is 2.48. The number of hydrogen-bond donors (Lipinski definition) is 1. The number of benzene rings is 1. The lowest BCUT2D eigenvalue weighted by Gasteiger charge is -2.10. The molecule has 2 aromatic rings. The molecule has 19 heavy (non-hydrogen) atoms. The number of methoxy groups -OCH3 is 1. The zero-order chi connectivity index (χ0) is 13.4. The van der Waals surface area contributed by atoms with Crippen LogP contribution in [-0.2, 0) is 17.8 Å². The number of nitrogens with one attached hydrogen (secondary N) is 1. The van der Waals surface area contributed by atoms with Crippen LogP contribution in [0.5, 0.6) is 0 Å². The van der Waals surface area contributed by atoms with Gasteiger partial charge in [0, 0.05) is 24.2 Å². The van der Waals surface area contributed by atoms with E-state index in [1.165, 1.54) is 5.56 Å². The van der Waals surface area contributed by atoms with Crippen LogP contribution in [0.15, 0.2) is 18.2 Å². The van der Waals surface area contributed by atoms with E-state index in [0.717, 1.165) is 40.8 Å². The van der Waals surface area contributed by atoms with Crippen molar-refractivity contribution in [3.63, 3.8) is 0 Å². The predicted octanol–water partition coefficient (Wildman–Crippen LogP) is 2.95. The summed E-state index contributed by atoms with van der Waals surface area (Å²) < 4.78 is 7.17. The Kier molecular flexibility index (Phi) is 3.21. The molecule has 0 aliphatic carbocycles. The maximum absolute atomic E-state index is 6.10. The van der Waals surface area contributed by atoms with Crippen LogP contribution in [0.1, 0.15) is 16.8 Å². The first kappa shape index (κ1) is 12.5. The zero-order valence-electron chi connectivity index (χ0n) is 11.0. The summed E-state index contributed by atoms with van der Waals surface area (Å²) in [6.07, 6.45) is 0.994. The Labute approximate surface area is 117 Å². The largest absolute Gasteiger partial charge is 0.378 e. The van der Waals surface area contributed by atoms with E-state index in [-0.39, 0.29) is 0 Å². The molecule has 1 aromatic heterocycles. The molecule has 5 heteroatoms. The number of rotatable bonds is 3. The van der Waals surface area contributed by atoms with E-state index < -0.39 is 0 Å². The molecule has 0 amide bonds. The van der Waals surface area contributed by atoms with Gasteiger partial charge in [-0.25, -0.2) is 4.68 Å². The van der Waals surface area contributed by atoms with Gasteiger partial charge < -0.3 is 10.1 Å². The summed E-state index contributed by atoms with van der Waals surface area (Å²) in [4.78, 5) is 0. The van der Waals surface area contributed by atoms with Crippen molar-refractivity contribution in [3.8, 4) is 5.69 Å². The standard InChI is InChI=1S/C14H16ClN3O/c1-9-3-4-10(15)7-13(9)18-14-11(5-6-16-14)12(17-18)8-19-2/h3-4,7,16H,5-6,8H2,1-2H3. The number of aromatic nitrogens is 2. The highest BCUT2D eigenvalue weighted by Crippen LogP contribution is 2.31. The van der Waals surface area contributed by atoms with Gasteiger partial charge in [0.2, 0.25) is 0 Å². The van der Waals surface area contributed by atoms with Crippen LogP contribution in [-0.4, -0.2) is 23.4 Å². The third-order valence-corrected chi connectivity index (χ3v) is 3.65. The Morgan fingerprint density at radius 2 is 2.32 bits per heavy atom. The quantitative estimate of drug-likeness (QED) is 0.937. The van der Waals surface area contributed by atoms with Crippen LogP contribution in [0.3, 0.4) is 0 Å². The molecular weight excluding hydrogens is 262 g/mol. The van der Waals surface area contributed by atoms with Crippen LogP contribution >= 0.6 is 11.6 Å². The molecule has 1 aliphatic rings. The Morgan fingerprint density at radius 3 is 3.11 bits per heavy atom. The average Bonchev–Trinajstić information content (AvgIpc) is 2.97. The van der Waals surface area contributed by atoms with Crippen molar-refractivity contribution in [1.82, 2.24) is 9.78 Å². The molecule has 0 spiro atoms. The second-order valence-electron chi connectivity index (χ2n) is 4.73. The second-order valence-corrected chi connectivity index (χ2v) is 5.16. The van der Waals surface area contributed by atoms with Crippen LogP contribution in [0.25, 0.3) is 5.69 Å². The summed E-state index contributed by atoms with van der Waals surface area (Å²) >= 11 is 6.10. The minimum Gasteiger partial charge on any atom is -0.378 e. The summed E-state index contributed by atoms with van der Waals surface area (Å²) in [7, 11) is 1.69. The Hall–Kier alpha value is -1.52. The summed E-state index contributed by atoms with van der Waals surface area (Å²) in [5, 5.41) is 8.78. The molecule has 0 atom stereocenters. The number of anilines is 1. The molecular formula is C14H16ClN3O. The maximum Gasteiger partial charge on any atom is 0.133 e. The van der Waals surface area contributed by atoms with E-state index in [2.05, 4.69) is 17.3 Å². The molecule has 0 unspecified atom stereocenters. The van der Waals surface area contributed by atoms with E-state index >= 15 is 0 Å². The molecule has 2 heterocycles. The van der Waals surface area contributed by atoms with Gasteiger partial charge in [0.15, 0.2) is 0 Å². The summed E-state index contributed by atoms with van der Waals surface area (Å²) in [5.41, 5.74) is 4.41. The maximum atomic E-state index is 6.10. The number of fused-ring (bicyclic) bond motifs is 1. The molecule has 1 N–H and O–H groups in total. The van der Waals surface area contributed by atoms with Gasteiger partial charge >= 0.3 is 0 Å². The van der Waals surface area contributed by atoms with Gasteiger partial charge in [-0.3, -0.25) is 0 Å². The number of aryl methyl sites for hydroxylation is 1. The lowest BCUT2D eigenvalue weighted by molar-refractivity contribution is 0.180. The number of halogens is 1. The first-order chi connectivity index (χ1) is 9.20. The van der Waals surface area contributed by atoms with Gasteiger partial charge in [0.25, 0.3) is 0 Å². The summed E-state index contributed by atoms with van der Waals surface area (Å²) in [5.74, 6) is 1.07. The number of nitrogens with zero attached hydrogens (tertiary/aromatic N) is 2. The first-order valence-electron chi connectivity index (χ1n) is 6.31. The Balaban J connectivity index is 2.15. The molecule has 0 saturated heterocycles. The molecule has 1 aromatic carbocycles. The highest BCUT2D eigenvalue weighted by atomic mass is 35.5.